The third-order valence-corrected chi connectivity index (χ3v) is 15.1. The Morgan fingerprint density at radius 1 is 0.571 bits per heavy atom. The average molecular weight is 1190 g/mol. The number of carbonyl (C=O) groups excluding carboxylic acids is 11. The van der Waals surface area contributed by atoms with Crippen LogP contribution in [0.4, 0.5) is 0 Å². The fourth-order valence-electron chi connectivity index (χ4n) is 9.48. The lowest BCUT2D eigenvalue weighted by Gasteiger charge is -2.25. The Hall–Kier alpha value is -6.22. The first kappa shape index (κ1) is 77.8. The van der Waals surface area contributed by atoms with Crippen molar-refractivity contribution in [2.75, 3.05) is 56.4 Å². The van der Waals surface area contributed by atoms with Crippen LogP contribution in [0.25, 0.3) is 0 Å². The van der Waals surface area contributed by atoms with Gasteiger partial charge in [-0.05, 0) is 90.9 Å². The van der Waals surface area contributed by atoms with E-state index in [-0.39, 0.29) is 96.0 Å². The number of esters is 1. The number of amides is 8. The van der Waals surface area contributed by atoms with Crippen molar-refractivity contribution in [3.8, 4) is 0 Å². The highest BCUT2D eigenvalue weighted by Crippen LogP contribution is 2.32. The summed E-state index contributed by atoms with van der Waals surface area (Å²) in [7, 11) is 13.8. The van der Waals surface area contributed by atoms with Crippen LogP contribution in [0, 0.1) is 53.3 Å². The van der Waals surface area contributed by atoms with Gasteiger partial charge in [0.2, 0.25) is 23.6 Å². The van der Waals surface area contributed by atoms with Gasteiger partial charge in [-0.15, -0.1) is 10.1 Å². The molecule has 0 aromatic heterocycles. The number of ether oxygens (including phenoxy) is 2. The highest BCUT2D eigenvalue weighted by atomic mass is 16.7. The first-order chi connectivity index (χ1) is 39.1. The number of hydrogen-bond donors (Lipinski definition) is 0. The summed E-state index contributed by atoms with van der Waals surface area (Å²) in [5.74, 6) is -4.23. The Labute approximate surface area is 502 Å². The fraction of sp³-hybridized carbons (Fsp3) is 0.774. The number of imide groups is 2. The highest BCUT2D eigenvalue weighted by Gasteiger charge is 2.41. The quantitative estimate of drug-likeness (QED) is 0.0685. The van der Waals surface area contributed by atoms with E-state index in [9.17, 15) is 52.7 Å². The molecule has 22 nitrogen and oxygen atoms in total. The van der Waals surface area contributed by atoms with E-state index < -0.39 is 53.3 Å². The third kappa shape index (κ3) is 25.2. The zero-order valence-corrected chi connectivity index (χ0v) is 55.0. The van der Waals surface area contributed by atoms with Gasteiger partial charge >= 0.3 is 17.9 Å². The van der Waals surface area contributed by atoms with Crippen LogP contribution in [0.3, 0.4) is 0 Å². The van der Waals surface area contributed by atoms with Crippen molar-refractivity contribution in [2.24, 2.45) is 58.3 Å². The van der Waals surface area contributed by atoms with Gasteiger partial charge in [0.05, 0.1) is 17.8 Å². The van der Waals surface area contributed by atoms with Crippen LogP contribution in [0.2, 0.25) is 0 Å². The Kier molecular flexibility index (Phi) is 35.1. The average Bonchev–Trinajstić information content (AvgIpc) is 4.21. The Morgan fingerprint density at radius 2 is 0.917 bits per heavy atom. The summed E-state index contributed by atoms with van der Waals surface area (Å²) in [6.45, 7) is 28.4. The Balaban J connectivity index is 0.00000108. The van der Waals surface area contributed by atoms with Crippen molar-refractivity contribution in [1.82, 2.24) is 29.7 Å². The number of hydroxylamine groups is 4. The van der Waals surface area contributed by atoms with Crippen LogP contribution < -0.4 is 0 Å². The SMILES string of the molecule is C=C1OC(C(C)CC(CC)C(=O)N(C)C)=NC1(C)C.CC.CCC(CC(C)C(=O)OC1CCCCC1)C(=O)N(C)C.CCC(CC(C)C(=O)ON1C(=O)CC(C)C1=O)C(=O)N(C)C.CCC(CC(C)C(=O)ON1C(=O)CCC1=O)C(=O)N(C)C. The molecule has 1 aliphatic carbocycles. The normalized spacial score (nSPS) is 19.1. The van der Waals surface area contributed by atoms with Crippen LogP contribution in [0.15, 0.2) is 17.3 Å². The van der Waals surface area contributed by atoms with Gasteiger partial charge < -0.3 is 38.7 Å². The monoisotopic (exact) mass is 1190 g/mol. The van der Waals surface area contributed by atoms with Gasteiger partial charge in [-0.25, -0.2) is 14.6 Å². The largest absolute Gasteiger partial charge is 0.462 e. The molecule has 0 radical (unpaired) electrons. The molecule has 0 aromatic carbocycles. The molecule has 4 aliphatic rings. The first-order valence-electron chi connectivity index (χ1n) is 30.3. The zero-order chi connectivity index (χ0) is 65.1. The lowest BCUT2D eigenvalue weighted by atomic mass is 9.92. The molecular formula is C62H107N7O15. The minimum Gasteiger partial charge on any atom is -0.462 e. The third-order valence-electron chi connectivity index (χ3n) is 15.1. The fourth-order valence-corrected chi connectivity index (χ4v) is 9.48. The summed E-state index contributed by atoms with van der Waals surface area (Å²) >= 11 is 0. The van der Waals surface area contributed by atoms with E-state index in [2.05, 4.69) is 18.5 Å². The van der Waals surface area contributed by atoms with E-state index in [4.69, 9.17) is 19.1 Å². The summed E-state index contributed by atoms with van der Waals surface area (Å²) in [6, 6.07) is 0. The zero-order valence-electron chi connectivity index (χ0n) is 55.0. The van der Waals surface area contributed by atoms with Gasteiger partial charge in [0.25, 0.3) is 23.6 Å². The summed E-state index contributed by atoms with van der Waals surface area (Å²) < 4.78 is 11.2. The molecule has 8 amide bonds. The molecule has 0 bridgehead atoms. The van der Waals surface area contributed by atoms with Gasteiger partial charge in [-0.1, -0.05) is 89.2 Å². The van der Waals surface area contributed by atoms with Crippen LogP contribution in [-0.2, 0) is 71.9 Å². The second-order valence-electron chi connectivity index (χ2n) is 23.7. The molecule has 480 valence electrons. The molecule has 2 saturated heterocycles. The van der Waals surface area contributed by atoms with Crippen molar-refractivity contribution in [1.29, 1.82) is 0 Å². The molecule has 3 fully saturated rings. The summed E-state index contributed by atoms with van der Waals surface area (Å²) in [6.07, 6.45) is 10.6. The van der Waals surface area contributed by atoms with Gasteiger partial charge in [0.1, 0.15) is 17.4 Å². The van der Waals surface area contributed by atoms with Gasteiger partial charge in [0, 0.05) is 111 Å². The van der Waals surface area contributed by atoms with Crippen LogP contribution in [0.5, 0.6) is 0 Å². The summed E-state index contributed by atoms with van der Waals surface area (Å²) in [5, 5.41) is 1.09. The van der Waals surface area contributed by atoms with E-state index in [1.165, 1.54) is 16.2 Å². The number of carbonyl (C=O) groups is 11. The van der Waals surface area contributed by atoms with E-state index >= 15 is 0 Å². The number of rotatable bonds is 23. The van der Waals surface area contributed by atoms with Crippen molar-refractivity contribution < 1.29 is 71.9 Å². The van der Waals surface area contributed by atoms with Gasteiger partial charge in [-0.2, -0.15) is 0 Å². The van der Waals surface area contributed by atoms with Crippen LogP contribution in [0.1, 0.15) is 193 Å². The topological polar surface area (TPSA) is 256 Å². The molecule has 9 unspecified atom stereocenters. The van der Waals surface area contributed by atoms with Crippen LogP contribution in [-0.4, -0.2) is 169 Å². The lowest BCUT2D eigenvalue weighted by Crippen LogP contribution is -2.36. The molecule has 4 rings (SSSR count). The second-order valence-corrected chi connectivity index (χ2v) is 23.7. The number of aliphatic imine (C=N–C) groups is 1. The predicted molar refractivity (Wildman–Crippen MR) is 320 cm³/mol. The smallest absolute Gasteiger partial charge is 0.335 e. The highest BCUT2D eigenvalue weighted by molar-refractivity contribution is 6.03. The van der Waals surface area contributed by atoms with Crippen molar-refractivity contribution in [3.05, 3.63) is 12.3 Å². The molecule has 84 heavy (non-hydrogen) atoms. The molecule has 3 aliphatic heterocycles. The first-order valence-corrected chi connectivity index (χ1v) is 30.3. The molecule has 0 N–H and O–H groups in total. The molecule has 3 heterocycles. The minimum atomic E-state index is -0.666. The van der Waals surface area contributed by atoms with Crippen molar-refractivity contribution >= 4 is 71.1 Å². The Morgan fingerprint density at radius 3 is 1.23 bits per heavy atom. The van der Waals surface area contributed by atoms with E-state index in [1.807, 2.05) is 62.3 Å². The minimum absolute atomic E-state index is 0.0216. The Bertz CT molecular complexity index is 2240. The van der Waals surface area contributed by atoms with Crippen LogP contribution >= 0.6 is 0 Å². The number of hydrogen-bond acceptors (Lipinski definition) is 16. The van der Waals surface area contributed by atoms with E-state index in [0.29, 0.717) is 53.9 Å². The van der Waals surface area contributed by atoms with E-state index in [1.54, 1.807) is 87.0 Å². The molecule has 1 saturated carbocycles. The molecule has 0 spiro atoms. The van der Waals surface area contributed by atoms with E-state index in [0.717, 1.165) is 44.9 Å². The second kappa shape index (κ2) is 38.0. The van der Waals surface area contributed by atoms with Crippen molar-refractivity contribution in [2.45, 2.75) is 204 Å². The summed E-state index contributed by atoms with van der Waals surface area (Å²) in [4.78, 5) is 151. The molecule has 9 atom stereocenters. The maximum atomic E-state index is 12.1. The predicted octanol–water partition coefficient (Wildman–Crippen LogP) is 8.59. The number of nitrogens with zero attached hydrogens (tertiary/aromatic N) is 7. The van der Waals surface area contributed by atoms with Gasteiger partial charge in [0.15, 0.2) is 5.90 Å². The summed E-state index contributed by atoms with van der Waals surface area (Å²) in [5.41, 5.74) is -0.350. The maximum Gasteiger partial charge on any atom is 0.335 e. The lowest BCUT2D eigenvalue weighted by molar-refractivity contribution is -0.201. The van der Waals surface area contributed by atoms with Crippen molar-refractivity contribution in [3.63, 3.8) is 0 Å². The van der Waals surface area contributed by atoms with Gasteiger partial charge in [-0.3, -0.25) is 43.2 Å². The maximum absolute atomic E-state index is 12.1. The molecule has 0 aromatic rings. The molecule has 22 heteroatoms. The molecular weight excluding hydrogens is 1080 g/mol. The standard InChI is InChI=1S/C16H29NO3.C15H24N2O5.C15H26N2O2.C14H22N2O5.C2H6/c1-5-13(15(18)17(3)4)11-12(2)16(19)20-14-9-7-6-8-10-14;1-6-11(14(20)16(4)5)7-10(3)15(21)22-17-12(18)8-9(2)13(17)19;1-8-12(14(18)17(6)7)9-10(2)13-16-15(4,5)11(3)19-13;1-5-10(13(19)15(3)4)8-9(2)14(20)21-16-11(17)6-7-12(16)18;1-2/h12-14H,5-11H2,1-4H3;9-11H,6-8H2,1-5H3;10,12H,3,8-9H2,1-2,4-7H3;9-10H,5-8H2,1-4H3;1-2H3.